The standard InChI is InChI=1S/C12H13F2NO3/c13-10(14)11(16)15-9(12(17)18)7-6-8-4-2-1-3-5-8/h1-5,9-10H,6-7H2,(H,15,16)(H,17,18)/t9-/m0/s1. The van der Waals surface area contributed by atoms with E-state index in [-0.39, 0.29) is 6.42 Å². The minimum absolute atomic E-state index is 0.0673. The molecule has 0 unspecified atom stereocenters. The number of alkyl halides is 2. The number of halogens is 2. The van der Waals surface area contributed by atoms with Crippen LogP contribution in [-0.4, -0.2) is 29.5 Å². The van der Waals surface area contributed by atoms with Crippen LogP contribution in [0.3, 0.4) is 0 Å². The lowest BCUT2D eigenvalue weighted by Gasteiger charge is -2.14. The zero-order chi connectivity index (χ0) is 13.5. The summed E-state index contributed by atoms with van der Waals surface area (Å²) in [6.07, 6.45) is -2.75. The van der Waals surface area contributed by atoms with Crippen LogP contribution in [-0.2, 0) is 16.0 Å². The number of benzene rings is 1. The van der Waals surface area contributed by atoms with Crippen molar-refractivity contribution in [1.29, 1.82) is 0 Å². The molecule has 0 heterocycles. The molecule has 0 spiro atoms. The minimum Gasteiger partial charge on any atom is -0.480 e. The molecule has 0 bridgehead atoms. The zero-order valence-electron chi connectivity index (χ0n) is 9.48. The Morgan fingerprint density at radius 3 is 2.33 bits per heavy atom. The number of carbonyl (C=O) groups excluding carboxylic acids is 1. The second kappa shape index (κ2) is 6.68. The van der Waals surface area contributed by atoms with Gasteiger partial charge in [-0.2, -0.15) is 8.78 Å². The van der Waals surface area contributed by atoms with E-state index < -0.39 is 24.3 Å². The quantitative estimate of drug-likeness (QED) is 0.810. The first-order valence-electron chi connectivity index (χ1n) is 5.36. The van der Waals surface area contributed by atoms with E-state index in [9.17, 15) is 18.4 Å². The lowest BCUT2D eigenvalue weighted by Crippen LogP contribution is -2.43. The maximum Gasteiger partial charge on any atom is 0.326 e. The molecular formula is C12H13F2NO3. The first-order chi connectivity index (χ1) is 8.50. The Kier molecular flexibility index (Phi) is 5.23. The summed E-state index contributed by atoms with van der Waals surface area (Å²) in [4.78, 5) is 21.6. The van der Waals surface area contributed by atoms with Gasteiger partial charge < -0.3 is 10.4 Å². The predicted molar refractivity (Wildman–Crippen MR) is 60.3 cm³/mol. The summed E-state index contributed by atoms with van der Waals surface area (Å²) in [5.74, 6) is -2.88. The summed E-state index contributed by atoms with van der Waals surface area (Å²) >= 11 is 0. The van der Waals surface area contributed by atoms with E-state index >= 15 is 0 Å². The fourth-order valence-electron chi connectivity index (χ4n) is 1.45. The molecule has 0 radical (unpaired) electrons. The van der Waals surface area contributed by atoms with Crippen LogP contribution in [0.4, 0.5) is 8.78 Å². The minimum atomic E-state index is -3.21. The van der Waals surface area contributed by atoms with Crippen molar-refractivity contribution in [3.8, 4) is 0 Å². The highest BCUT2D eigenvalue weighted by Crippen LogP contribution is 2.06. The summed E-state index contributed by atoms with van der Waals surface area (Å²) < 4.78 is 24.0. The van der Waals surface area contributed by atoms with E-state index in [1.54, 1.807) is 29.6 Å². The van der Waals surface area contributed by atoms with E-state index in [4.69, 9.17) is 5.11 Å². The number of amides is 1. The number of hydrogen-bond donors (Lipinski definition) is 2. The normalized spacial score (nSPS) is 12.2. The van der Waals surface area contributed by atoms with Gasteiger partial charge in [0, 0.05) is 0 Å². The van der Waals surface area contributed by atoms with Gasteiger partial charge in [0.15, 0.2) is 0 Å². The molecule has 0 aliphatic carbocycles. The molecule has 1 atom stereocenters. The molecule has 0 saturated carbocycles. The molecule has 0 saturated heterocycles. The molecule has 2 N–H and O–H groups in total. The Morgan fingerprint density at radius 1 is 1.22 bits per heavy atom. The lowest BCUT2D eigenvalue weighted by molar-refractivity contribution is -0.144. The van der Waals surface area contributed by atoms with Crippen molar-refractivity contribution in [2.24, 2.45) is 0 Å². The fraction of sp³-hybridized carbons (Fsp3) is 0.333. The highest BCUT2D eigenvalue weighted by molar-refractivity contribution is 5.85. The first kappa shape index (κ1) is 14.1. The van der Waals surface area contributed by atoms with Crippen LogP contribution in [0.5, 0.6) is 0 Å². The highest BCUT2D eigenvalue weighted by Gasteiger charge is 2.24. The van der Waals surface area contributed by atoms with Crippen LogP contribution < -0.4 is 5.32 Å². The molecule has 98 valence electrons. The van der Waals surface area contributed by atoms with Crippen LogP contribution in [0.15, 0.2) is 30.3 Å². The first-order valence-corrected chi connectivity index (χ1v) is 5.36. The Bertz CT molecular complexity index is 409. The van der Waals surface area contributed by atoms with Crippen LogP contribution >= 0.6 is 0 Å². The van der Waals surface area contributed by atoms with E-state index in [2.05, 4.69) is 0 Å². The summed E-state index contributed by atoms with van der Waals surface area (Å²) in [6.45, 7) is 0. The average Bonchev–Trinajstić information content (AvgIpc) is 2.34. The third kappa shape index (κ3) is 4.48. The van der Waals surface area contributed by atoms with E-state index in [1.165, 1.54) is 0 Å². The van der Waals surface area contributed by atoms with Crippen LogP contribution in [0.25, 0.3) is 0 Å². The SMILES string of the molecule is O=C(N[C@@H](CCc1ccccc1)C(=O)O)C(F)F. The number of nitrogens with one attached hydrogen (secondary N) is 1. The molecule has 1 amide bonds. The molecule has 0 aromatic heterocycles. The van der Waals surface area contributed by atoms with Crippen molar-refractivity contribution in [3.05, 3.63) is 35.9 Å². The van der Waals surface area contributed by atoms with Crippen molar-refractivity contribution in [1.82, 2.24) is 5.32 Å². The second-order valence-corrected chi connectivity index (χ2v) is 3.72. The number of carbonyl (C=O) groups is 2. The van der Waals surface area contributed by atoms with Crippen molar-refractivity contribution in [2.75, 3.05) is 0 Å². The van der Waals surface area contributed by atoms with Gasteiger partial charge in [0.1, 0.15) is 6.04 Å². The van der Waals surface area contributed by atoms with Gasteiger partial charge in [-0.3, -0.25) is 4.79 Å². The summed E-state index contributed by atoms with van der Waals surface area (Å²) in [6, 6.07) is 7.70. The van der Waals surface area contributed by atoms with Gasteiger partial charge >= 0.3 is 12.4 Å². The highest BCUT2D eigenvalue weighted by atomic mass is 19.3. The molecule has 0 aliphatic heterocycles. The Labute approximate surface area is 103 Å². The Hall–Kier alpha value is -1.98. The van der Waals surface area contributed by atoms with Gasteiger partial charge in [-0.05, 0) is 18.4 Å². The smallest absolute Gasteiger partial charge is 0.326 e. The molecule has 0 fully saturated rings. The zero-order valence-corrected chi connectivity index (χ0v) is 9.48. The van der Waals surface area contributed by atoms with E-state index in [1.807, 2.05) is 6.07 Å². The number of carboxylic acids is 1. The van der Waals surface area contributed by atoms with Gasteiger partial charge in [0.05, 0.1) is 0 Å². The second-order valence-electron chi connectivity index (χ2n) is 3.72. The summed E-state index contributed by atoms with van der Waals surface area (Å²) in [5, 5.41) is 10.6. The van der Waals surface area contributed by atoms with Gasteiger partial charge in [0.25, 0.3) is 5.91 Å². The van der Waals surface area contributed by atoms with Gasteiger partial charge in [0.2, 0.25) is 0 Å². The molecule has 6 heteroatoms. The maximum absolute atomic E-state index is 12.0. The van der Waals surface area contributed by atoms with Crippen molar-refractivity contribution in [3.63, 3.8) is 0 Å². The van der Waals surface area contributed by atoms with Crippen LogP contribution in [0.2, 0.25) is 0 Å². The topological polar surface area (TPSA) is 66.4 Å². The van der Waals surface area contributed by atoms with Crippen molar-refractivity contribution >= 4 is 11.9 Å². The third-order valence-electron chi connectivity index (χ3n) is 2.38. The number of rotatable bonds is 6. The van der Waals surface area contributed by atoms with Gasteiger partial charge in [-0.25, -0.2) is 4.79 Å². The summed E-state index contributed by atoms with van der Waals surface area (Å²) in [5.41, 5.74) is 0.884. The molecule has 1 rings (SSSR count). The monoisotopic (exact) mass is 257 g/mol. The van der Waals surface area contributed by atoms with E-state index in [0.717, 1.165) is 5.56 Å². The van der Waals surface area contributed by atoms with Crippen LogP contribution in [0.1, 0.15) is 12.0 Å². The molecule has 0 aliphatic rings. The number of aliphatic carboxylic acids is 1. The largest absolute Gasteiger partial charge is 0.480 e. The fourth-order valence-corrected chi connectivity index (χ4v) is 1.45. The third-order valence-corrected chi connectivity index (χ3v) is 2.38. The average molecular weight is 257 g/mol. The van der Waals surface area contributed by atoms with Crippen molar-refractivity contribution < 1.29 is 23.5 Å². The maximum atomic E-state index is 12.0. The molecule has 18 heavy (non-hydrogen) atoms. The Morgan fingerprint density at radius 2 is 1.83 bits per heavy atom. The van der Waals surface area contributed by atoms with Crippen LogP contribution in [0, 0.1) is 0 Å². The number of aryl methyl sites for hydroxylation is 1. The molecular weight excluding hydrogens is 244 g/mol. The molecule has 1 aromatic carbocycles. The Balaban J connectivity index is 2.54. The van der Waals surface area contributed by atoms with E-state index in [0.29, 0.717) is 6.42 Å². The molecule has 4 nitrogen and oxygen atoms in total. The predicted octanol–water partition coefficient (Wildman–Crippen LogP) is 1.45. The van der Waals surface area contributed by atoms with Gasteiger partial charge in [-0.15, -0.1) is 0 Å². The van der Waals surface area contributed by atoms with Crippen molar-refractivity contribution in [2.45, 2.75) is 25.3 Å². The number of hydrogen-bond acceptors (Lipinski definition) is 2. The lowest BCUT2D eigenvalue weighted by atomic mass is 10.1. The summed E-state index contributed by atoms with van der Waals surface area (Å²) in [7, 11) is 0. The number of carboxylic acid groups (broad SMARTS) is 1. The molecule has 1 aromatic rings. The van der Waals surface area contributed by atoms with Gasteiger partial charge in [-0.1, -0.05) is 30.3 Å².